The SMILES string of the molecule is CCNC(=NCCC(=O)Nc1ccc(C)cn1)N(C)Cc1ncc(-c2ccccc2)[nH]1. The number of aliphatic imine (C=N–C) groups is 1. The molecule has 0 radical (unpaired) electrons. The minimum atomic E-state index is -0.114. The Morgan fingerprint density at radius 3 is 2.65 bits per heavy atom. The van der Waals surface area contributed by atoms with Crippen molar-refractivity contribution in [1.82, 2.24) is 25.2 Å². The summed E-state index contributed by atoms with van der Waals surface area (Å²) < 4.78 is 0. The Morgan fingerprint density at radius 2 is 1.94 bits per heavy atom. The second-order valence-corrected chi connectivity index (χ2v) is 7.22. The van der Waals surface area contributed by atoms with Gasteiger partial charge in [0.2, 0.25) is 5.91 Å². The van der Waals surface area contributed by atoms with Gasteiger partial charge in [0, 0.05) is 26.2 Å². The second-order valence-electron chi connectivity index (χ2n) is 7.22. The van der Waals surface area contributed by atoms with Crippen molar-refractivity contribution >= 4 is 17.7 Å². The quantitative estimate of drug-likeness (QED) is 0.385. The molecule has 0 unspecified atom stereocenters. The highest BCUT2D eigenvalue weighted by Crippen LogP contribution is 2.16. The summed E-state index contributed by atoms with van der Waals surface area (Å²) in [6, 6.07) is 13.8. The summed E-state index contributed by atoms with van der Waals surface area (Å²) in [5.41, 5.74) is 3.12. The summed E-state index contributed by atoms with van der Waals surface area (Å²) in [4.78, 5) is 30.8. The van der Waals surface area contributed by atoms with Crippen molar-refractivity contribution < 1.29 is 4.79 Å². The second kappa shape index (κ2) is 10.9. The normalized spacial score (nSPS) is 11.3. The standard InChI is InChI=1S/C23H29N7O/c1-4-24-23(25-13-12-22(31)29-20-11-10-17(2)14-26-20)30(3)16-21-27-15-19(28-21)18-8-6-5-7-9-18/h5-11,14-15H,4,12-13,16H2,1-3H3,(H,24,25)(H,27,28)(H,26,29,31). The molecule has 0 atom stereocenters. The number of rotatable bonds is 8. The summed E-state index contributed by atoms with van der Waals surface area (Å²) in [6.45, 7) is 5.64. The lowest BCUT2D eigenvalue weighted by Crippen LogP contribution is -2.39. The molecule has 3 rings (SSSR count). The van der Waals surface area contributed by atoms with E-state index < -0.39 is 0 Å². The minimum Gasteiger partial charge on any atom is -0.357 e. The number of nitrogens with one attached hydrogen (secondary N) is 3. The number of amides is 1. The van der Waals surface area contributed by atoms with Crippen molar-refractivity contribution in [3.05, 3.63) is 66.2 Å². The number of hydrogen-bond donors (Lipinski definition) is 3. The van der Waals surface area contributed by atoms with Crippen LogP contribution in [0.4, 0.5) is 5.82 Å². The first kappa shape index (κ1) is 22.0. The van der Waals surface area contributed by atoms with Crippen molar-refractivity contribution in [2.75, 3.05) is 25.5 Å². The summed E-state index contributed by atoms with van der Waals surface area (Å²) in [7, 11) is 1.95. The van der Waals surface area contributed by atoms with Crippen molar-refractivity contribution in [3.8, 4) is 11.3 Å². The van der Waals surface area contributed by atoms with E-state index in [9.17, 15) is 4.79 Å². The average Bonchev–Trinajstić information content (AvgIpc) is 3.24. The Kier molecular flexibility index (Phi) is 7.75. The van der Waals surface area contributed by atoms with Crippen LogP contribution >= 0.6 is 0 Å². The van der Waals surface area contributed by atoms with E-state index >= 15 is 0 Å². The maximum Gasteiger partial charge on any atom is 0.227 e. The molecular formula is C23H29N7O. The lowest BCUT2D eigenvalue weighted by atomic mass is 10.2. The highest BCUT2D eigenvalue weighted by Gasteiger charge is 2.10. The van der Waals surface area contributed by atoms with Crippen molar-refractivity contribution in [2.45, 2.75) is 26.8 Å². The molecule has 1 amide bonds. The molecule has 3 aromatic rings. The molecule has 31 heavy (non-hydrogen) atoms. The van der Waals surface area contributed by atoms with Gasteiger partial charge < -0.3 is 20.5 Å². The summed E-state index contributed by atoms with van der Waals surface area (Å²) in [6.07, 6.45) is 3.84. The average molecular weight is 420 g/mol. The number of aromatic amines is 1. The fraction of sp³-hybridized carbons (Fsp3) is 0.304. The smallest absolute Gasteiger partial charge is 0.227 e. The van der Waals surface area contributed by atoms with Crippen molar-refractivity contribution in [2.24, 2.45) is 4.99 Å². The molecule has 0 aliphatic heterocycles. The predicted molar refractivity (Wildman–Crippen MR) is 124 cm³/mol. The summed E-state index contributed by atoms with van der Waals surface area (Å²) in [5, 5.41) is 6.05. The van der Waals surface area contributed by atoms with Gasteiger partial charge in [0.25, 0.3) is 0 Å². The van der Waals surface area contributed by atoms with Gasteiger partial charge in [-0.25, -0.2) is 9.97 Å². The van der Waals surface area contributed by atoms with E-state index in [4.69, 9.17) is 0 Å². The van der Waals surface area contributed by atoms with E-state index in [2.05, 4.69) is 30.6 Å². The van der Waals surface area contributed by atoms with E-state index in [1.165, 1.54) is 0 Å². The number of carbonyl (C=O) groups is 1. The van der Waals surface area contributed by atoms with Gasteiger partial charge in [0.1, 0.15) is 11.6 Å². The first-order valence-corrected chi connectivity index (χ1v) is 10.4. The van der Waals surface area contributed by atoms with Crippen LogP contribution in [0.25, 0.3) is 11.3 Å². The molecule has 0 spiro atoms. The van der Waals surface area contributed by atoms with Gasteiger partial charge in [-0.3, -0.25) is 9.79 Å². The number of hydrogen-bond acceptors (Lipinski definition) is 4. The molecule has 0 fully saturated rings. The molecule has 0 aliphatic carbocycles. The Morgan fingerprint density at radius 1 is 1.13 bits per heavy atom. The van der Waals surface area contributed by atoms with Crippen LogP contribution in [0.1, 0.15) is 24.7 Å². The van der Waals surface area contributed by atoms with Crippen LogP contribution in [-0.2, 0) is 11.3 Å². The first-order chi connectivity index (χ1) is 15.0. The van der Waals surface area contributed by atoms with Crippen LogP contribution in [0.2, 0.25) is 0 Å². The van der Waals surface area contributed by atoms with Crippen LogP contribution in [0, 0.1) is 6.92 Å². The maximum atomic E-state index is 12.2. The van der Waals surface area contributed by atoms with Gasteiger partial charge in [0.05, 0.1) is 25.0 Å². The molecule has 1 aromatic carbocycles. The van der Waals surface area contributed by atoms with E-state index in [1.54, 1.807) is 12.3 Å². The van der Waals surface area contributed by atoms with Gasteiger partial charge in [-0.1, -0.05) is 36.4 Å². The van der Waals surface area contributed by atoms with E-state index in [-0.39, 0.29) is 12.3 Å². The number of aryl methyl sites for hydroxylation is 1. The number of H-pyrrole nitrogens is 1. The largest absolute Gasteiger partial charge is 0.357 e. The lowest BCUT2D eigenvalue weighted by molar-refractivity contribution is -0.116. The van der Waals surface area contributed by atoms with E-state index in [0.29, 0.717) is 18.9 Å². The van der Waals surface area contributed by atoms with E-state index in [1.807, 2.05) is 68.4 Å². The van der Waals surface area contributed by atoms with Gasteiger partial charge in [-0.05, 0) is 31.0 Å². The number of guanidine groups is 1. The molecule has 0 bridgehead atoms. The van der Waals surface area contributed by atoms with Crippen LogP contribution in [0.15, 0.2) is 59.9 Å². The van der Waals surface area contributed by atoms with Crippen molar-refractivity contribution in [1.29, 1.82) is 0 Å². The highest BCUT2D eigenvalue weighted by molar-refractivity contribution is 5.90. The predicted octanol–water partition coefficient (Wildman–Crippen LogP) is 3.21. The Bertz CT molecular complexity index is 996. The number of imidazole rings is 1. The van der Waals surface area contributed by atoms with Crippen LogP contribution < -0.4 is 10.6 Å². The van der Waals surface area contributed by atoms with Gasteiger partial charge in [0.15, 0.2) is 5.96 Å². The minimum absolute atomic E-state index is 0.114. The van der Waals surface area contributed by atoms with Gasteiger partial charge in [-0.2, -0.15) is 0 Å². The third kappa shape index (κ3) is 6.67. The monoisotopic (exact) mass is 419 g/mol. The fourth-order valence-corrected chi connectivity index (χ4v) is 2.99. The number of benzene rings is 1. The molecular weight excluding hydrogens is 390 g/mol. The Balaban J connectivity index is 1.55. The molecule has 8 heteroatoms. The third-order valence-electron chi connectivity index (χ3n) is 4.58. The van der Waals surface area contributed by atoms with Gasteiger partial charge in [-0.15, -0.1) is 0 Å². The van der Waals surface area contributed by atoms with Crippen LogP contribution in [0.3, 0.4) is 0 Å². The zero-order valence-corrected chi connectivity index (χ0v) is 18.2. The number of aromatic nitrogens is 3. The topological polar surface area (TPSA) is 98.3 Å². The number of nitrogens with zero attached hydrogens (tertiary/aromatic N) is 4. The molecule has 0 saturated carbocycles. The molecule has 8 nitrogen and oxygen atoms in total. The summed E-state index contributed by atoms with van der Waals surface area (Å²) >= 11 is 0. The first-order valence-electron chi connectivity index (χ1n) is 10.4. The lowest BCUT2D eigenvalue weighted by Gasteiger charge is -2.21. The molecule has 0 saturated heterocycles. The van der Waals surface area contributed by atoms with Crippen LogP contribution in [-0.4, -0.2) is 51.9 Å². The Labute approximate surface area is 182 Å². The molecule has 162 valence electrons. The zero-order chi connectivity index (χ0) is 22.1. The molecule has 2 heterocycles. The van der Waals surface area contributed by atoms with E-state index in [0.717, 1.165) is 35.1 Å². The fourth-order valence-electron chi connectivity index (χ4n) is 2.99. The molecule has 0 aliphatic rings. The molecule has 2 aromatic heterocycles. The Hall–Kier alpha value is -3.68. The third-order valence-corrected chi connectivity index (χ3v) is 4.58. The zero-order valence-electron chi connectivity index (χ0n) is 18.2. The maximum absolute atomic E-state index is 12.2. The summed E-state index contributed by atoms with van der Waals surface area (Å²) in [5.74, 6) is 2.00. The highest BCUT2D eigenvalue weighted by atomic mass is 16.1. The molecule has 3 N–H and O–H groups in total. The number of pyridine rings is 1. The van der Waals surface area contributed by atoms with Gasteiger partial charge >= 0.3 is 0 Å². The number of carbonyl (C=O) groups excluding carboxylic acids is 1. The van der Waals surface area contributed by atoms with Crippen LogP contribution in [0.5, 0.6) is 0 Å². The number of anilines is 1. The van der Waals surface area contributed by atoms with Crippen molar-refractivity contribution in [3.63, 3.8) is 0 Å².